The van der Waals surface area contributed by atoms with Crippen molar-refractivity contribution in [2.24, 2.45) is 0 Å². The third-order valence-corrected chi connectivity index (χ3v) is 9.09. The van der Waals surface area contributed by atoms with Gasteiger partial charge in [0, 0.05) is 35.6 Å². The number of aliphatic hydroxyl groups is 2. The Bertz CT molecular complexity index is 1490. The van der Waals surface area contributed by atoms with Crippen LogP contribution < -0.4 is 4.74 Å². The van der Waals surface area contributed by atoms with Crippen LogP contribution in [0.2, 0.25) is 0 Å². The summed E-state index contributed by atoms with van der Waals surface area (Å²) in [6.45, 7) is 3.33. The van der Waals surface area contributed by atoms with Gasteiger partial charge < -0.3 is 44.3 Å². The van der Waals surface area contributed by atoms with Crippen LogP contribution in [0.5, 0.6) is 17.2 Å². The number of methoxy groups -OCH3 is 2. The number of likely N-dealkylation sites (N-methyl/N-ethyl adjacent to an activating group) is 1. The average molecular weight is 600 g/mol. The first-order valence-corrected chi connectivity index (χ1v) is 14.1. The zero-order chi connectivity index (χ0) is 31.5. The van der Waals surface area contributed by atoms with E-state index in [-0.39, 0.29) is 53.3 Å². The van der Waals surface area contributed by atoms with Crippen molar-refractivity contribution in [2.75, 3.05) is 28.3 Å². The molecule has 0 amide bonds. The van der Waals surface area contributed by atoms with Gasteiger partial charge in [-0.15, -0.1) is 0 Å². The molecule has 2 aromatic rings. The summed E-state index contributed by atoms with van der Waals surface area (Å²) in [4.78, 5) is 42.7. The number of aliphatic hydroxyl groups excluding tert-OH is 1. The molecule has 1 aliphatic heterocycles. The fraction of sp³-hybridized carbons (Fsp3) is 0.516. The van der Waals surface area contributed by atoms with Gasteiger partial charge in [-0.25, -0.2) is 0 Å². The van der Waals surface area contributed by atoms with Gasteiger partial charge >= 0.3 is 5.97 Å². The quantitative estimate of drug-likeness (QED) is 0.241. The minimum absolute atomic E-state index is 0.0111. The van der Waals surface area contributed by atoms with E-state index in [2.05, 4.69) is 0 Å². The third-order valence-electron chi connectivity index (χ3n) is 9.09. The summed E-state index contributed by atoms with van der Waals surface area (Å²) < 4.78 is 22.6. The maximum absolute atomic E-state index is 13.9. The van der Waals surface area contributed by atoms with E-state index in [1.165, 1.54) is 25.3 Å². The van der Waals surface area contributed by atoms with Crippen LogP contribution in [0.1, 0.15) is 88.1 Å². The number of aromatic hydroxyl groups is 2. The standard InChI is InChI=1S/C31H37NO11/c1-7-31(39)12-17(43-18-11-15(32(3)4)25(33)13(2)42-18)20-21(24(31)30(38)41-6)29(37)22-23(28(20)36)27(35)19-14(26(22)34)9-8-10-16(19)40-5/h8-10,13,15,17-18,24-25,33,36-37,39H,7,11-12H2,1-6H3/t13-,15-,17-,18-,24+,25+,31-/m0/s1. The van der Waals surface area contributed by atoms with E-state index in [0.717, 1.165) is 7.11 Å². The highest BCUT2D eigenvalue weighted by atomic mass is 16.7. The van der Waals surface area contributed by atoms with Crippen molar-refractivity contribution in [3.05, 3.63) is 51.6 Å². The highest BCUT2D eigenvalue weighted by molar-refractivity contribution is 6.31. The number of carbonyl (C=O) groups is 3. The van der Waals surface area contributed by atoms with E-state index in [1.807, 2.05) is 4.90 Å². The molecule has 5 rings (SSSR count). The topological polar surface area (TPSA) is 172 Å². The molecule has 1 saturated heterocycles. The summed E-state index contributed by atoms with van der Waals surface area (Å²) in [5.41, 5.74) is -3.31. The number of ether oxygens (including phenoxy) is 4. The Morgan fingerprint density at radius 2 is 1.72 bits per heavy atom. The van der Waals surface area contributed by atoms with Gasteiger partial charge in [0.1, 0.15) is 23.2 Å². The van der Waals surface area contributed by atoms with Gasteiger partial charge in [-0.2, -0.15) is 0 Å². The molecule has 1 fully saturated rings. The smallest absolute Gasteiger partial charge is 0.316 e. The summed E-state index contributed by atoms with van der Waals surface area (Å²) in [5.74, 6) is -5.25. The van der Waals surface area contributed by atoms with Crippen molar-refractivity contribution >= 4 is 17.5 Å². The van der Waals surface area contributed by atoms with E-state index >= 15 is 0 Å². The zero-order valence-corrected chi connectivity index (χ0v) is 24.9. The summed E-state index contributed by atoms with van der Waals surface area (Å²) >= 11 is 0. The molecule has 0 saturated carbocycles. The Morgan fingerprint density at radius 1 is 1.07 bits per heavy atom. The summed E-state index contributed by atoms with van der Waals surface area (Å²) in [7, 11) is 6.07. The van der Waals surface area contributed by atoms with Crippen molar-refractivity contribution in [1.82, 2.24) is 4.90 Å². The Hall–Kier alpha value is -3.55. The monoisotopic (exact) mass is 599 g/mol. The van der Waals surface area contributed by atoms with E-state index in [4.69, 9.17) is 18.9 Å². The van der Waals surface area contributed by atoms with Crippen molar-refractivity contribution in [3.63, 3.8) is 0 Å². The van der Waals surface area contributed by atoms with E-state index in [9.17, 15) is 34.8 Å². The van der Waals surface area contributed by atoms with E-state index in [0.29, 0.717) is 0 Å². The number of phenols is 2. The Kier molecular flexibility index (Phi) is 8.03. The van der Waals surface area contributed by atoms with Crippen LogP contribution in [0.15, 0.2) is 18.2 Å². The van der Waals surface area contributed by atoms with Gasteiger partial charge in [-0.05, 0) is 33.5 Å². The lowest BCUT2D eigenvalue weighted by Crippen LogP contribution is -2.54. The lowest BCUT2D eigenvalue weighted by Gasteiger charge is -2.46. The summed E-state index contributed by atoms with van der Waals surface area (Å²) in [5, 5.41) is 46.1. The first kappa shape index (κ1) is 30.9. The number of hydrogen-bond donors (Lipinski definition) is 4. The number of nitrogens with zero attached hydrogens (tertiary/aromatic N) is 1. The molecule has 0 aromatic heterocycles. The SMILES string of the molecule is CC[C@]1(O)C[C@H](O[C@H]2C[C@H](N(C)C)[C@H](O)[C@H](C)O2)c2c(O)c3c(c(O)c2[C@@H]1C(=O)OC)C(=O)c1cccc(OC)c1C3=O. The van der Waals surface area contributed by atoms with Crippen LogP contribution >= 0.6 is 0 Å². The number of benzene rings is 2. The second-order valence-corrected chi connectivity index (χ2v) is 11.6. The maximum Gasteiger partial charge on any atom is 0.316 e. The molecule has 0 spiro atoms. The minimum atomic E-state index is -1.84. The molecule has 12 heteroatoms. The molecule has 43 heavy (non-hydrogen) atoms. The highest BCUT2D eigenvalue weighted by Gasteiger charge is 2.55. The third kappa shape index (κ3) is 4.68. The number of esters is 1. The van der Waals surface area contributed by atoms with Crippen LogP contribution in [0.4, 0.5) is 0 Å². The Balaban J connectivity index is 1.74. The summed E-state index contributed by atoms with van der Waals surface area (Å²) in [6, 6.07) is 4.07. The molecule has 2 aliphatic carbocycles. The molecular weight excluding hydrogens is 562 g/mol. The van der Waals surface area contributed by atoms with E-state index < -0.39 is 76.3 Å². The second kappa shape index (κ2) is 11.2. The molecule has 0 bridgehead atoms. The molecule has 0 radical (unpaired) electrons. The van der Waals surface area contributed by atoms with Crippen molar-refractivity contribution in [3.8, 4) is 17.2 Å². The Morgan fingerprint density at radius 3 is 2.33 bits per heavy atom. The number of rotatable bonds is 6. The van der Waals surface area contributed by atoms with Gasteiger partial charge in [-0.3, -0.25) is 14.4 Å². The number of phenolic OH excluding ortho intramolecular Hbond substituents is 2. The average Bonchev–Trinajstić information content (AvgIpc) is 2.98. The fourth-order valence-corrected chi connectivity index (χ4v) is 6.75. The maximum atomic E-state index is 13.9. The van der Waals surface area contributed by atoms with Crippen LogP contribution in [0.25, 0.3) is 0 Å². The molecule has 7 atom stereocenters. The van der Waals surface area contributed by atoms with Gasteiger partial charge in [0.2, 0.25) is 5.78 Å². The predicted octanol–water partition coefficient (Wildman–Crippen LogP) is 2.17. The molecule has 4 N–H and O–H groups in total. The molecular formula is C31H37NO11. The molecule has 0 unspecified atom stereocenters. The summed E-state index contributed by atoms with van der Waals surface area (Å²) in [6.07, 6.45) is -3.59. The lowest BCUT2D eigenvalue weighted by atomic mass is 9.66. The van der Waals surface area contributed by atoms with Crippen molar-refractivity contribution < 1.29 is 53.8 Å². The Labute approximate surface area is 248 Å². The minimum Gasteiger partial charge on any atom is -0.507 e. The number of carbonyl (C=O) groups excluding carboxylic acids is 3. The molecule has 2 aromatic carbocycles. The van der Waals surface area contributed by atoms with Gasteiger partial charge in [0.05, 0.1) is 54.8 Å². The fourth-order valence-electron chi connectivity index (χ4n) is 6.75. The van der Waals surface area contributed by atoms with Crippen LogP contribution in [-0.2, 0) is 19.0 Å². The largest absolute Gasteiger partial charge is 0.507 e. The first-order valence-electron chi connectivity index (χ1n) is 14.1. The number of fused-ring (bicyclic) bond motifs is 3. The number of hydrogen-bond acceptors (Lipinski definition) is 12. The van der Waals surface area contributed by atoms with Crippen LogP contribution in [0, 0.1) is 0 Å². The molecule has 3 aliphatic rings. The highest BCUT2D eigenvalue weighted by Crippen LogP contribution is 2.57. The predicted molar refractivity (Wildman–Crippen MR) is 151 cm³/mol. The van der Waals surface area contributed by atoms with Gasteiger partial charge in [0.25, 0.3) is 0 Å². The zero-order valence-electron chi connectivity index (χ0n) is 24.9. The first-order chi connectivity index (χ1) is 20.3. The van der Waals surface area contributed by atoms with E-state index in [1.54, 1.807) is 27.9 Å². The van der Waals surface area contributed by atoms with Gasteiger partial charge in [0.15, 0.2) is 12.1 Å². The molecule has 232 valence electrons. The number of ketones is 2. The van der Waals surface area contributed by atoms with Gasteiger partial charge in [-0.1, -0.05) is 19.1 Å². The molecule has 1 heterocycles. The lowest BCUT2D eigenvalue weighted by molar-refractivity contribution is -0.258. The van der Waals surface area contributed by atoms with Crippen molar-refractivity contribution in [2.45, 2.75) is 75.3 Å². The van der Waals surface area contributed by atoms with Crippen LogP contribution in [-0.4, -0.2) is 101 Å². The second-order valence-electron chi connectivity index (χ2n) is 11.6. The molecule has 12 nitrogen and oxygen atoms in total. The van der Waals surface area contributed by atoms with Crippen LogP contribution in [0.3, 0.4) is 0 Å². The van der Waals surface area contributed by atoms with Crippen molar-refractivity contribution in [1.29, 1.82) is 0 Å². The normalized spacial score (nSPS) is 30.0.